The summed E-state index contributed by atoms with van der Waals surface area (Å²) in [5.41, 5.74) is 15.9. The van der Waals surface area contributed by atoms with E-state index in [2.05, 4.69) is 4.52 Å². The molecule has 22 heteroatoms. The van der Waals surface area contributed by atoms with Crippen molar-refractivity contribution < 1.29 is 88.5 Å². The van der Waals surface area contributed by atoms with Gasteiger partial charge < -0.3 is 72.6 Å². The number of unbranched alkanes of at least 4 members (excludes halogenated alkanes) is 1. The van der Waals surface area contributed by atoms with Gasteiger partial charge in [0, 0.05) is 19.3 Å². The largest absolute Gasteiger partial charge is 0.481 e. The molecule has 0 amide bonds. The quantitative estimate of drug-likeness (QED) is 0.0472. The van der Waals surface area contributed by atoms with E-state index in [0.29, 0.717) is 51.0 Å². The van der Waals surface area contributed by atoms with E-state index in [0.717, 1.165) is 31.2 Å². The number of rotatable bonds is 21. The van der Waals surface area contributed by atoms with Gasteiger partial charge in [-0.05, 0) is 63.0 Å². The van der Waals surface area contributed by atoms with E-state index in [-0.39, 0.29) is 12.7 Å². The SMILES string of the molecule is CC(C)CCC(=O)O.CCCC(=O)O.NC1(C(=O)O)CC1.NCCCCC(N)C(=O)O.O=C(O)CCC=Cc1ccccc1.O=CC(O)C(O)C(O)COP(=O)(O)O. The number of carboxylic acids is 5. The number of hydrogen-bond donors (Lipinski definition) is 13. The van der Waals surface area contributed by atoms with Gasteiger partial charge in [-0.15, -0.1) is 0 Å². The molecule has 21 nitrogen and oxygen atoms in total. The summed E-state index contributed by atoms with van der Waals surface area (Å²) in [7, 11) is -4.74. The number of allylic oxidation sites excluding steroid dienone is 1. The van der Waals surface area contributed by atoms with E-state index in [1.807, 2.05) is 63.3 Å². The van der Waals surface area contributed by atoms with Crippen LogP contribution < -0.4 is 17.2 Å². The zero-order valence-corrected chi connectivity index (χ0v) is 34.0. The summed E-state index contributed by atoms with van der Waals surface area (Å²) in [5, 5.41) is 67.5. The molecule has 336 valence electrons. The van der Waals surface area contributed by atoms with E-state index in [1.165, 1.54) is 0 Å². The van der Waals surface area contributed by atoms with Crippen molar-refractivity contribution in [1.29, 1.82) is 0 Å². The number of phosphoric acid groups is 1. The molecule has 58 heavy (non-hydrogen) atoms. The van der Waals surface area contributed by atoms with Gasteiger partial charge in [0.2, 0.25) is 0 Å². The van der Waals surface area contributed by atoms with Gasteiger partial charge in [-0.3, -0.25) is 28.5 Å². The molecule has 1 fully saturated rings. The number of hydrogen-bond acceptors (Lipinski definition) is 14. The average Bonchev–Trinajstić information content (AvgIpc) is 3.90. The second kappa shape index (κ2) is 36.0. The second-order valence-corrected chi connectivity index (χ2v) is 14.1. The Bertz CT molecular complexity index is 1360. The molecule has 1 aromatic carbocycles. The normalized spacial score (nSPS) is 14.2. The standard InChI is InChI=1S/C11H12O2.C6H14N2O2.C6H12O2.C5H11O8P.C4H7NO2.C4H8O2/c12-11(13)9-5-4-8-10-6-2-1-3-7-10;7-4-2-1-3-5(8)6(9)10;1-5(2)3-4-6(7)8;6-1-3(7)5(9)4(8)2-13-14(10,11)12;5-4(1-2-4)3(6)7;1-2-3-4(5)6/h1-4,6-8H,5,9H2,(H,12,13);5H,1-4,7-8H2,(H,9,10);5H,3-4H2,1-2H3,(H,7,8);1,3-5,7-9H,2H2,(H2,10,11,12);1-2,5H2,(H,6,7);2-3H2,1H3,(H,5,6). The van der Waals surface area contributed by atoms with Crippen LogP contribution >= 0.6 is 7.82 Å². The fourth-order valence-corrected chi connectivity index (χ4v) is 3.52. The number of aliphatic hydroxyl groups is 3. The molecule has 0 heterocycles. The summed E-state index contributed by atoms with van der Waals surface area (Å²) in [4.78, 5) is 76.1. The van der Waals surface area contributed by atoms with Crippen LogP contribution in [-0.2, 0) is 37.9 Å². The van der Waals surface area contributed by atoms with Crippen LogP contribution in [0.5, 0.6) is 0 Å². The minimum atomic E-state index is -4.74. The van der Waals surface area contributed by atoms with Crippen molar-refractivity contribution >= 4 is 50.0 Å². The smallest absolute Gasteiger partial charge is 0.469 e. The van der Waals surface area contributed by atoms with Crippen LogP contribution in [0.1, 0.15) is 97.0 Å². The van der Waals surface area contributed by atoms with Crippen LogP contribution in [0.15, 0.2) is 36.4 Å². The number of carbonyl (C=O) groups is 6. The molecule has 2 rings (SSSR count). The maximum atomic E-state index is 10.2. The van der Waals surface area contributed by atoms with E-state index in [1.54, 1.807) is 0 Å². The van der Waals surface area contributed by atoms with Crippen molar-refractivity contribution in [3.05, 3.63) is 42.0 Å². The Labute approximate surface area is 337 Å². The molecule has 1 aliphatic carbocycles. The number of benzene rings is 1. The van der Waals surface area contributed by atoms with Gasteiger partial charge in [0.25, 0.3) is 0 Å². The van der Waals surface area contributed by atoms with Crippen molar-refractivity contribution in [2.24, 2.45) is 23.1 Å². The average molecular weight is 858 g/mol. The predicted octanol–water partition coefficient (Wildman–Crippen LogP) is 1.41. The Kier molecular flexibility index (Phi) is 37.5. The molecule has 4 unspecified atom stereocenters. The zero-order chi connectivity index (χ0) is 45.9. The van der Waals surface area contributed by atoms with Gasteiger partial charge in [0.1, 0.15) is 29.9 Å². The van der Waals surface area contributed by atoms with Crippen LogP contribution in [0, 0.1) is 5.92 Å². The first-order valence-corrected chi connectivity index (χ1v) is 19.6. The Morgan fingerprint density at radius 2 is 1.38 bits per heavy atom. The number of nitrogens with two attached hydrogens (primary N) is 3. The molecule has 0 bridgehead atoms. The second-order valence-electron chi connectivity index (χ2n) is 12.9. The summed E-state index contributed by atoms with van der Waals surface area (Å²) in [6.45, 7) is 5.59. The molecular formula is C36H64N3O18P. The van der Waals surface area contributed by atoms with Gasteiger partial charge in [0.15, 0.2) is 6.29 Å². The number of aldehydes is 1. The highest BCUT2D eigenvalue weighted by molar-refractivity contribution is 7.46. The van der Waals surface area contributed by atoms with Gasteiger partial charge in [0.05, 0.1) is 6.61 Å². The van der Waals surface area contributed by atoms with Gasteiger partial charge in [-0.2, -0.15) is 0 Å². The fraction of sp³-hybridized carbons (Fsp3) is 0.611. The summed E-state index contributed by atoms with van der Waals surface area (Å²) < 4.78 is 14.0. The third-order valence-electron chi connectivity index (χ3n) is 6.83. The third-order valence-corrected chi connectivity index (χ3v) is 7.32. The van der Waals surface area contributed by atoms with E-state index in [9.17, 15) is 33.3 Å². The summed E-state index contributed by atoms with van der Waals surface area (Å²) in [6.07, 6.45) is 4.70. The summed E-state index contributed by atoms with van der Waals surface area (Å²) >= 11 is 0. The first kappa shape index (κ1) is 60.5. The van der Waals surface area contributed by atoms with Gasteiger partial charge in [-0.25, -0.2) is 4.57 Å². The van der Waals surface area contributed by atoms with Crippen LogP contribution in [0.3, 0.4) is 0 Å². The molecule has 1 aliphatic rings. The van der Waals surface area contributed by atoms with Gasteiger partial charge in [-0.1, -0.05) is 69.7 Å². The Hall–Kier alpha value is -4.15. The first-order valence-electron chi connectivity index (χ1n) is 18.1. The molecule has 0 saturated heterocycles. The maximum Gasteiger partial charge on any atom is 0.469 e. The molecule has 0 aliphatic heterocycles. The monoisotopic (exact) mass is 857 g/mol. The Morgan fingerprint density at radius 1 is 0.862 bits per heavy atom. The molecular weight excluding hydrogens is 793 g/mol. The highest BCUT2D eigenvalue weighted by Crippen LogP contribution is 2.35. The van der Waals surface area contributed by atoms with Crippen LogP contribution in [0.2, 0.25) is 0 Å². The van der Waals surface area contributed by atoms with Crippen LogP contribution in [0.25, 0.3) is 6.08 Å². The number of phosphoric ester groups is 1. The lowest BCUT2D eigenvalue weighted by molar-refractivity contribution is -0.140. The number of aliphatic carboxylic acids is 5. The molecule has 1 saturated carbocycles. The maximum absolute atomic E-state index is 10.2. The lowest BCUT2D eigenvalue weighted by Crippen LogP contribution is -2.40. The summed E-state index contributed by atoms with van der Waals surface area (Å²) in [5.74, 6) is -3.45. The Balaban J connectivity index is -0.000000309. The minimum Gasteiger partial charge on any atom is -0.481 e. The number of aliphatic hydroxyl groups excluding tert-OH is 3. The topological polar surface area (TPSA) is 409 Å². The van der Waals surface area contributed by atoms with E-state index in [4.69, 9.17) is 67.8 Å². The minimum absolute atomic E-state index is 0.0225. The van der Waals surface area contributed by atoms with E-state index >= 15 is 0 Å². The van der Waals surface area contributed by atoms with Crippen molar-refractivity contribution in [3.63, 3.8) is 0 Å². The van der Waals surface area contributed by atoms with Crippen molar-refractivity contribution in [2.75, 3.05) is 13.2 Å². The highest BCUT2D eigenvalue weighted by atomic mass is 31.2. The van der Waals surface area contributed by atoms with Gasteiger partial charge >= 0.3 is 37.7 Å². The molecule has 0 aromatic heterocycles. The third kappa shape index (κ3) is 44.6. The van der Waals surface area contributed by atoms with E-state index < -0.39 is 74.2 Å². The molecule has 16 N–H and O–H groups in total. The lowest BCUT2D eigenvalue weighted by atomic mass is 10.1. The first-order chi connectivity index (χ1) is 26.8. The zero-order valence-electron chi connectivity index (χ0n) is 33.1. The van der Waals surface area contributed by atoms with Crippen molar-refractivity contribution in [2.45, 2.75) is 121 Å². The number of carbonyl (C=O) groups excluding carboxylic acids is 1. The number of carboxylic acid groups (broad SMARTS) is 5. The molecule has 0 radical (unpaired) electrons. The van der Waals surface area contributed by atoms with Crippen molar-refractivity contribution in [3.8, 4) is 0 Å². The Morgan fingerprint density at radius 3 is 1.69 bits per heavy atom. The highest BCUT2D eigenvalue weighted by Gasteiger charge is 2.46. The van der Waals surface area contributed by atoms with Crippen LogP contribution in [-0.4, -0.2) is 130 Å². The molecule has 4 atom stereocenters. The molecule has 1 aromatic rings. The summed E-state index contributed by atoms with van der Waals surface area (Å²) in [6, 6.07) is 9.11. The molecule has 0 spiro atoms. The fourth-order valence-electron chi connectivity index (χ4n) is 3.18. The lowest BCUT2D eigenvalue weighted by Gasteiger charge is -2.19. The van der Waals surface area contributed by atoms with Crippen LogP contribution in [0.4, 0.5) is 0 Å². The predicted molar refractivity (Wildman–Crippen MR) is 211 cm³/mol. The van der Waals surface area contributed by atoms with Crippen molar-refractivity contribution in [1.82, 2.24) is 0 Å².